The van der Waals surface area contributed by atoms with Crippen molar-refractivity contribution in [2.45, 2.75) is 11.8 Å². The van der Waals surface area contributed by atoms with Crippen LogP contribution >= 0.6 is 23.4 Å². The molecular formula is C26H19ClN4O5S2. The van der Waals surface area contributed by atoms with E-state index in [1.54, 1.807) is 36.4 Å². The van der Waals surface area contributed by atoms with Gasteiger partial charge < -0.3 is 8.92 Å². The van der Waals surface area contributed by atoms with Crippen LogP contribution in [0.5, 0.6) is 11.5 Å². The van der Waals surface area contributed by atoms with Crippen LogP contribution < -0.4 is 8.92 Å². The molecule has 1 amide bonds. The van der Waals surface area contributed by atoms with Crippen molar-refractivity contribution in [2.75, 3.05) is 7.11 Å². The van der Waals surface area contributed by atoms with Gasteiger partial charge in [-0.1, -0.05) is 53.6 Å². The van der Waals surface area contributed by atoms with Crippen molar-refractivity contribution in [1.82, 2.24) is 5.01 Å². The summed E-state index contributed by atoms with van der Waals surface area (Å²) >= 11 is 7.43. The Kier molecular flexibility index (Phi) is 6.82. The number of aliphatic imine (C=N–C) groups is 1. The van der Waals surface area contributed by atoms with Gasteiger partial charge in [0.25, 0.3) is 5.91 Å². The van der Waals surface area contributed by atoms with Gasteiger partial charge >= 0.3 is 10.1 Å². The van der Waals surface area contributed by atoms with Crippen LogP contribution in [-0.4, -0.2) is 42.5 Å². The number of nitrogens with zero attached hydrogens (tertiary/aromatic N) is 3. The quantitative estimate of drug-likeness (QED) is 0.326. The average Bonchev–Trinajstić information content (AvgIpc) is 3.31. The summed E-state index contributed by atoms with van der Waals surface area (Å²) in [6.45, 7) is 1.85. The standard InChI is InChI=1S/C26H19ClN4O5S2/c1-15-7-10-17(11-8-15)38(33,34)36-21-12-9-16(14-22(21)35-2)13-19-23(28)31-26(29-24(19)32)37-25(30-31)18-5-3-4-6-20(18)27/h3-14,28H,1-2H3/b19-13-,28-23?. The molecule has 12 heteroatoms. The monoisotopic (exact) mass is 566 g/mol. The van der Waals surface area contributed by atoms with Crippen LogP contribution in [0, 0.1) is 12.3 Å². The highest BCUT2D eigenvalue weighted by Crippen LogP contribution is 2.35. The molecule has 38 heavy (non-hydrogen) atoms. The molecule has 0 bridgehead atoms. The van der Waals surface area contributed by atoms with Crippen molar-refractivity contribution < 1.29 is 22.1 Å². The second-order valence-electron chi connectivity index (χ2n) is 8.17. The van der Waals surface area contributed by atoms with Gasteiger partial charge in [0, 0.05) is 5.56 Å². The SMILES string of the molecule is COc1cc(/C=C2/C(=N)N3N=C(c4ccccc4Cl)SC3=NC2=O)ccc1OS(=O)(=O)c1ccc(C)cc1. The Balaban J connectivity index is 1.42. The molecule has 2 heterocycles. The average molecular weight is 567 g/mol. The fraction of sp³-hybridized carbons (Fsp3) is 0.0769. The van der Waals surface area contributed by atoms with Crippen LogP contribution in [0.1, 0.15) is 16.7 Å². The van der Waals surface area contributed by atoms with E-state index >= 15 is 0 Å². The molecule has 0 atom stereocenters. The highest BCUT2D eigenvalue weighted by Gasteiger charge is 2.36. The third kappa shape index (κ3) is 4.95. The van der Waals surface area contributed by atoms with E-state index in [4.69, 9.17) is 25.9 Å². The van der Waals surface area contributed by atoms with Crippen LogP contribution in [0.3, 0.4) is 0 Å². The number of hydrogen-bond donors (Lipinski definition) is 1. The summed E-state index contributed by atoms with van der Waals surface area (Å²) in [7, 11) is -2.73. The fourth-order valence-corrected chi connectivity index (χ4v) is 5.77. The number of aryl methyl sites for hydroxylation is 1. The molecule has 1 N–H and O–H groups in total. The minimum Gasteiger partial charge on any atom is -0.493 e. The predicted octanol–water partition coefficient (Wildman–Crippen LogP) is 5.09. The Morgan fingerprint density at radius 2 is 1.79 bits per heavy atom. The number of methoxy groups -OCH3 is 1. The van der Waals surface area contributed by atoms with Crippen LogP contribution in [0.25, 0.3) is 6.08 Å². The van der Waals surface area contributed by atoms with Crippen molar-refractivity contribution in [3.05, 3.63) is 94.0 Å². The molecule has 0 unspecified atom stereocenters. The molecule has 3 aromatic rings. The number of carbonyl (C=O) groups excluding carboxylic acids is 1. The van der Waals surface area contributed by atoms with Crippen molar-refractivity contribution >= 4 is 61.5 Å². The number of fused-ring (bicyclic) bond motifs is 1. The maximum absolute atomic E-state index is 12.8. The molecular weight excluding hydrogens is 548 g/mol. The van der Waals surface area contributed by atoms with Gasteiger partial charge in [-0.3, -0.25) is 10.2 Å². The lowest BCUT2D eigenvalue weighted by Gasteiger charge is -2.20. The molecule has 0 saturated heterocycles. The van der Waals surface area contributed by atoms with Gasteiger partial charge in [-0.25, -0.2) is 0 Å². The van der Waals surface area contributed by atoms with E-state index in [1.165, 1.54) is 42.5 Å². The molecule has 0 fully saturated rings. The molecule has 9 nitrogen and oxygen atoms in total. The van der Waals surface area contributed by atoms with Crippen molar-refractivity contribution in [1.29, 1.82) is 5.41 Å². The van der Waals surface area contributed by atoms with E-state index in [0.29, 0.717) is 21.2 Å². The second kappa shape index (κ2) is 10.1. The maximum atomic E-state index is 12.8. The zero-order valence-electron chi connectivity index (χ0n) is 20.0. The molecule has 0 radical (unpaired) electrons. The summed E-state index contributed by atoms with van der Waals surface area (Å²) in [6.07, 6.45) is 1.46. The predicted molar refractivity (Wildman–Crippen MR) is 148 cm³/mol. The Labute approximate surface area is 228 Å². The van der Waals surface area contributed by atoms with Crippen molar-refractivity contribution in [3.8, 4) is 11.5 Å². The summed E-state index contributed by atoms with van der Waals surface area (Å²) in [4.78, 5) is 16.9. The third-order valence-corrected chi connectivity index (χ3v) is 8.09. The van der Waals surface area contributed by atoms with Gasteiger partial charge in [0.15, 0.2) is 17.3 Å². The van der Waals surface area contributed by atoms with Gasteiger partial charge in [-0.05, 0) is 60.7 Å². The zero-order chi connectivity index (χ0) is 27.0. The van der Waals surface area contributed by atoms with Crippen molar-refractivity contribution in [2.24, 2.45) is 10.1 Å². The Hall–Kier alpha value is -3.93. The number of hydrazone groups is 1. The number of benzene rings is 3. The van der Waals surface area contributed by atoms with Gasteiger partial charge in [0.05, 0.1) is 17.7 Å². The van der Waals surface area contributed by atoms with Gasteiger partial charge in [0.2, 0.25) is 5.17 Å². The lowest BCUT2D eigenvalue weighted by Crippen LogP contribution is -2.35. The zero-order valence-corrected chi connectivity index (χ0v) is 22.4. The molecule has 0 saturated carbocycles. The molecule has 5 rings (SSSR count). The highest BCUT2D eigenvalue weighted by molar-refractivity contribution is 8.27. The van der Waals surface area contributed by atoms with Crippen LogP contribution in [0.2, 0.25) is 5.02 Å². The number of rotatable bonds is 6. The second-order valence-corrected chi connectivity index (χ2v) is 11.1. The first-order chi connectivity index (χ1) is 18.2. The molecule has 2 aliphatic rings. The Bertz CT molecular complexity index is 1680. The summed E-state index contributed by atoms with van der Waals surface area (Å²) in [5, 5.41) is 15.6. The van der Waals surface area contributed by atoms with Gasteiger partial charge in [-0.15, -0.1) is 0 Å². The largest absolute Gasteiger partial charge is 0.493 e. The maximum Gasteiger partial charge on any atom is 0.339 e. The molecule has 0 aromatic heterocycles. The number of amides is 1. The van der Waals surface area contributed by atoms with Crippen molar-refractivity contribution in [3.63, 3.8) is 0 Å². The Morgan fingerprint density at radius 1 is 1.05 bits per heavy atom. The van der Waals surface area contributed by atoms with E-state index in [-0.39, 0.29) is 33.0 Å². The number of amidine groups is 2. The summed E-state index contributed by atoms with van der Waals surface area (Å²) in [5.74, 6) is -0.656. The van der Waals surface area contributed by atoms with Crippen LogP contribution in [0.4, 0.5) is 0 Å². The highest BCUT2D eigenvalue weighted by atomic mass is 35.5. The molecule has 0 spiro atoms. The summed E-state index contributed by atoms with van der Waals surface area (Å²) in [5.41, 5.74) is 2.05. The van der Waals surface area contributed by atoms with E-state index < -0.39 is 16.0 Å². The first kappa shape index (κ1) is 25.7. The minimum atomic E-state index is -4.10. The lowest BCUT2D eigenvalue weighted by atomic mass is 10.1. The summed E-state index contributed by atoms with van der Waals surface area (Å²) in [6, 6.07) is 17.9. The van der Waals surface area contributed by atoms with E-state index in [0.717, 1.165) is 17.3 Å². The van der Waals surface area contributed by atoms with Gasteiger partial charge in [0.1, 0.15) is 9.94 Å². The molecule has 192 valence electrons. The normalized spacial score (nSPS) is 16.3. The minimum absolute atomic E-state index is 0.00140. The molecule has 0 aliphatic carbocycles. The topological polar surface area (TPSA) is 121 Å². The lowest BCUT2D eigenvalue weighted by molar-refractivity contribution is -0.114. The van der Waals surface area contributed by atoms with E-state index in [1.807, 2.05) is 13.0 Å². The molecule has 3 aromatic carbocycles. The number of thioether (sulfide) groups is 1. The first-order valence-electron chi connectivity index (χ1n) is 11.1. The number of nitrogens with one attached hydrogen (secondary N) is 1. The molecule has 2 aliphatic heterocycles. The van der Waals surface area contributed by atoms with E-state index in [9.17, 15) is 13.2 Å². The fourth-order valence-electron chi connectivity index (χ4n) is 3.62. The number of halogens is 1. The smallest absolute Gasteiger partial charge is 0.339 e. The first-order valence-corrected chi connectivity index (χ1v) is 13.7. The van der Waals surface area contributed by atoms with E-state index in [2.05, 4.69) is 10.1 Å². The third-order valence-electron chi connectivity index (χ3n) is 5.57. The Morgan fingerprint density at radius 3 is 2.50 bits per heavy atom. The summed E-state index contributed by atoms with van der Waals surface area (Å²) < 4.78 is 36.1. The van der Waals surface area contributed by atoms with Crippen LogP contribution in [0.15, 0.2) is 87.3 Å². The number of hydrogen-bond acceptors (Lipinski definition) is 8. The van der Waals surface area contributed by atoms with Gasteiger partial charge in [-0.2, -0.15) is 23.5 Å². The van der Waals surface area contributed by atoms with Crippen LogP contribution in [-0.2, 0) is 14.9 Å². The number of ether oxygens (including phenoxy) is 1. The number of carbonyl (C=O) groups is 1.